The second-order valence-electron chi connectivity index (χ2n) is 9.26. The molecule has 1 aromatic carbocycles. The Balaban J connectivity index is 1.27. The maximum absolute atomic E-state index is 15.1. The smallest absolute Gasteiger partial charge is 0.228 e. The first-order valence-electron chi connectivity index (χ1n) is 12.1. The van der Waals surface area contributed by atoms with Crippen LogP contribution >= 0.6 is 11.3 Å². The normalized spacial score (nSPS) is 16.9. The Morgan fingerprint density at radius 2 is 2.03 bits per heavy atom. The number of nitrogens with one attached hydrogen (secondary N) is 1. The Bertz CT molecular complexity index is 1230. The summed E-state index contributed by atoms with van der Waals surface area (Å²) in [6, 6.07) is 3.70. The average molecular weight is 515 g/mol. The van der Waals surface area contributed by atoms with E-state index in [1.165, 1.54) is 32.6 Å². The van der Waals surface area contributed by atoms with Crippen LogP contribution in [0, 0.1) is 11.7 Å². The number of aromatic nitrogens is 2. The zero-order valence-electron chi connectivity index (χ0n) is 20.5. The first-order valence-corrected chi connectivity index (χ1v) is 13.1. The molecule has 2 fully saturated rings. The van der Waals surface area contributed by atoms with Crippen molar-refractivity contribution in [1.82, 2.24) is 20.2 Å². The number of anilines is 2. The number of amides is 1. The summed E-state index contributed by atoms with van der Waals surface area (Å²) >= 11 is 1.65. The molecule has 1 unspecified atom stereocenters. The molecule has 36 heavy (non-hydrogen) atoms. The third kappa shape index (κ3) is 5.03. The lowest BCUT2D eigenvalue weighted by Crippen LogP contribution is -2.50. The van der Waals surface area contributed by atoms with E-state index in [0.29, 0.717) is 43.9 Å². The first-order chi connectivity index (χ1) is 17.5. The van der Waals surface area contributed by atoms with Crippen LogP contribution in [0.4, 0.5) is 16.2 Å². The van der Waals surface area contributed by atoms with E-state index < -0.39 is 5.82 Å². The van der Waals surface area contributed by atoms with Gasteiger partial charge in [-0.25, -0.2) is 9.37 Å². The van der Waals surface area contributed by atoms with E-state index in [9.17, 15) is 4.79 Å². The summed E-state index contributed by atoms with van der Waals surface area (Å²) in [5.74, 6) is 0.911. The molecule has 1 amide bonds. The predicted octanol–water partition coefficient (Wildman–Crippen LogP) is 3.21. The highest BCUT2D eigenvalue weighted by atomic mass is 32.1. The van der Waals surface area contributed by atoms with Crippen molar-refractivity contribution in [1.29, 1.82) is 0 Å². The third-order valence-electron chi connectivity index (χ3n) is 6.88. The van der Waals surface area contributed by atoms with Gasteiger partial charge in [0, 0.05) is 44.0 Å². The van der Waals surface area contributed by atoms with Crippen LogP contribution in [0.25, 0.3) is 10.9 Å². The van der Waals surface area contributed by atoms with Gasteiger partial charge >= 0.3 is 0 Å². The maximum atomic E-state index is 15.1. The van der Waals surface area contributed by atoms with Crippen LogP contribution in [-0.4, -0.2) is 67.7 Å². The second-order valence-corrected chi connectivity index (χ2v) is 10.0. The molecule has 3 heterocycles. The summed E-state index contributed by atoms with van der Waals surface area (Å²) in [5, 5.41) is 8.12. The van der Waals surface area contributed by atoms with Crippen LogP contribution in [0.3, 0.4) is 0 Å². The van der Waals surface area contributed by atoms with Gasteiger partial charge in [-0.2, -0.15) is 16.3 Å². The number of thiophene rings is 1. The summed E-state index contributed by atoms with van der Waals surface area (Å²) in [7, 11) is 2.81. The van der Waals surface area contributed by atoms with Gasteiger partial charge in [0.25, 0.3) is 0 Å². The highest BCUT2D eigenvalue weighted by Gasteiger charge is 2.28. The lowest BCUT2D eigenvalue weighted by Gasteiger charge is -2.35. The quantitative estimate of drug-likeness (QED) is 0.449. The number of rotatable bonds is 9. The number of fused-ring (bicyclic) bond motifs is 1. The molecule has 3 N–H and O–H groups in total. The first kappa shape index (κ1) is 24.5. The van der Waals surface area contributed by atoms with Gasteiger partial charge in [0.05, 0.1) is 14.2 Å². The van der Waals surface area contributed by atoms with E-state index in [-0.39, 0.29) is 34.8 Å². The van der Waals surface area contributed by atoms with E-state index in [1.807, 2.05) is 15.2 Å². The molecular formula is C25H31FN6O3S. The molecule has 11 heteroatoms. The second kappa shape index (κ2) is 10.4. The fourth-order valence-electron chi connectivity index (χ4n) is 4.55. The van der Waals surface area contributed by atoms with Gasteiger partial charge in [0.1, 0.15) is 11.3 Å². The summed E-state index contributed by atoms with van der Waals surface area (Å²) in [6.07, 6.45) is 2.96. The zero-order chi connectivity index (χ0) is 25.2. The number of benzene rings is 1. The van der Waals surface area contributed by atoms with Crippen molar-refractivity contribution in [3.63, 3.8) is 0 Å². The minimum Gasteiger partial charge on any atom is -0.493 e. The van der Waals surface area contributed by atoms with Crippen LogP contribution in [0.15, 0.2) is 22.9 Å². The van der Waals surface area contributed by atoms with Gasteiger partial charge in [0.2, 0.25) is 11.9 Å². The zero-order valence-corrected chi connectivity index (χ0v) is 21.3. The van der Waals surface area contributed by atoms with Crippen molar-refractivity contribution < 1.29 is 18.7 Å². The van der Waals surface area contributed by atoms with Gasteiger partial charge in [-0.1, -0.05) is 0 Å². The van der Waals surface area contributed by atoms with Crippen LogP contribution in [0.5, 0.6) is 11.5 Å². The van der Waals surface area contributed by atoms with Crippen molar-refractivity contribution in [3.8, 4) is 11.5 Å². The van der Waals surface area contributed by atoms with E-state index in [4.69, 9.17) is 15.2 Å². The highest BCUT2D eigenvalue weighted by Crippen LogP contribution is 2.37. The molecule has 3 aromatic rings. The Morgan fingerprint density at radius 3 is 2.67 bits per heavy atom. The molecule has 1 aliphatic heterocycles. The number of hydrogen-bond donors (Lipinski definition) is 2. The number of ether oxygens (including phenoxy) is 2. The van der Waals surface area contributed by atoms with Crippen LogP contribution in [0.2, 0.25) is 0 Å². The van der Waals surface area contributed by atoms with Crippen molar-refractivity contribution in [3.05, 3.63) is 34.3 Å². The van der Waals surface area contributed by atoms with Gasteiger partial charge in [-0.3, -0.25) is 4.79 Å². The number of piperazine rings is 1. The minimum absolute atomic E-state index is 0.0278. The number of hydrogen-bond acceptors (Lipinski definition) is 9. The number of carbonyl (C=O) groups is 1. The van der Waals surface area contributed by atoms with Crippen molar-refractivity contribution >= 4 is 39.9 Å². The van der Waals surface area contributed by atoms with E-state index in [0.717, 1.165) is 12.5 Å². The van der Waals surface area contributed by atoms with Crippen LogP contribution < -0.4 is 25.4 Å². The fourth-order valence-corrected chi connectivity index (χ4v) is 5.27. The molecule has 5 rings (SSSR count). The summed E-state index contributed by atoms with van der Waals surface area (Å²) < 4.78 is 25.5. The molecule has 9 nitrogen and oxygen atoms in total. The number of carbonyl (C=O) groups excluding carboxylic acids is 1. The average Bonchev–Trinajstić information content (AvgIpc) is 3.56. The Morgan fingerprint density at radius 1 is 1.25 bits per heavy atom. The van der Waals surface area contributed by atoms with E-state index in [2.05, 4.69) is 26.7 Å². The summed E-state index contributed by atoms with van der Waals surface area (Å²) in [5.41, 5.74) is 7.41. The Hall–Kier alpha value is -3.18. The molecule has 1 aliphatic carbocycles. The third-order valence-corrected chi connectivity index (χ3v) is 7.58. The number of nitrogens with two attached hydrogens (primary N) is 1. The number of methoxy groups -OCH3 is 2. The largest absolute Gasteiger partial charge is 0.493 e. The van der Waals surface area contributed by atoms with Gasteiger partial charge in [0.15, 0.2) is 17.3 Å². The molecule has 0 spiro atoms. The number of halogens is 1. The molecule has 2 aromatic heterocycles. The summed E-state index contributed by atoms with van der Waals surface area (Å²) in [6.45, 7) is 3.09. The van der Waals surface area contributed by atoms with Gasteiger partial charge in [-0.15, -0.1) is 0 Å². The Kier molecular flexibility index (Phi) is 7.10. The van der Waals surface area contributed by atoms with Gasteiger partial charge in [-0.05, 0) is 53.8 Å². The van der Waals surface area contributed by atoms with Gasteiger partial charge < -0.3 is 30.3 Å². The summed E-state index contributed by atoms with van der Waals surface area (Å²) in [4.78, 5) is 25.8. The molecule has 0 bridgehead atoms. The van der Waals surface area contributed by atoms with Crippen molar-refractivity contribution in [2.75, 3.05) is 57.6 Å². The molecule has 0 radical (unpaired) electrons. The van der Waals surface area contributed by atoms with E-state index in [1.54, 1.807) is 17.4 Å². The lowest BCUT2D eigenvalue weighted by molar-refractivity contribution is -0.132. The molecule has 1 saturated carbocycles. The lowest BCUT2D eigenvalue weighted by atomic mass is 10.1. The Labute approximate surface area is 213 Å². The monoisotopic (exact) mass is 514 g/mol. The topological polar surface area (TPSA) is 106 Å². The van der Waals surface area contributed by atoms with Crippen molar-refractivity contribution in [2.45, 2.75) is 25.3 Å². The maximum Gasteiger partial charge on any atom is 0.228 e. The number of nitrogens with zero attached hydrogens (tertiary/aromatic N) is 4. The molecule has 1 saturated heterocycles. The van der Waals surface area contributed by atoms with E-state index >= 15 is 4.39 Å². The highest BCUT2D eigenvalue weighted by molar-refractivity contribution is 7.08. The standard InChI is InChI=1S/C25H31FN6O3S/c1-34-19-11-17-22(21(26)23(19)35-2)29-25(30-24(17)27)32-8-6-31(7-9-32)20(33)12-18(16-5-10-36-14-16)28-13-15-3-4-15/h5,10-11,14-15,18,28H,3-4,6-9,12-13H2,1-2H3,(H2,27,29,30). The van der Waals surface area contributed by atoms with Crippen molar-refractivity contribution in [2.24, 2.45) is 5.92 Å². The molecule has 192 valence electrons. The molecule has 1 atom stereocenters. The molecular weight excluding hydrogens is 483 g/mol. The van der Waals surface area contributed by atoms with Crippen LogP contribution in [-0.2, 0) is 4.79 Å². The SMILES string of the molecule is COc1cc2c(N)nc(N3CCN(C(=O)CC(NCC4CC4)c4ccsc4)CC3)nc2c(F)c1OC. The number of nitrogen functional groups attached to an aromatic ring is 1. The molecule has 2 aliphatic rings. The fraction of sp³-hybridized carbons (Fsp3) is 0.480. The minimum atomic E-state index is -0.644. The van der Waals surface area contributed by atoms with Crippen LogP contribution in [0.1, 0.15) is 30.9 Å². The predicted molar refractivity (Wildman–Crippen MR) is 138 cm³/mol.